The van der Waals surface area contributed by atoms with Gasteiger partial charge in [0.2, 0.25) is 5.95 Å². The van der Waals surface area contributed by atoms with E-state index in [0.29, 0.717) is 15.7 Å². The van der Waals surface area contributed by atoms with Gasteiger partial charge >= 0.3 is 0 Å². The van der Waals surface area contributed by atoms with Gasteiger partial charge in [0.25, 0.3) is 5.91 Å². The van der Waals surface area contributed by atoms with Crippen molar-refractivity contribution in [1.29, 1.82) is 0 Å². The van der Waals surface area contributed by atoms with E-state index in [-0.39, 0.29) is 11.9 Å². The van der Waals surface area contributed by atoms with Crippen molar-refractivity contribution >= 4 is 50.7 Å². The molecule has 0 unspecified atom stereocenters. The number of thiophene rings is 1. The van der Waals surface area contributed by atoms with Crippen molar-refractivity contribution in [1.82, 2.24) is 9.97 Å². The maximum atomic E-state index is 11.8. The van der Waals surface area contributed by atoms with Crippen molar-refractivity contribution in [2.75, 3.05) is 5.32 Å². The zero-order valence-corrected chi connectivity index (χ0v) is 11.9. The zero-order chi connectivity index (χ0) is 12.4. The molecule has 2 aromatic rings. The van der Waals surface area contributed by atoms with Crippen LogP contribution in [0, 0.1) is 6.92 Å². The first-order valence-electron chi connectivity index (χ1n) is 4.62. The first-order valence-corrected chi connectivity index (χ1v) is 6.61. The summed E-state index contributed by atoms with van der Waals surface area (Å²) in [6.45, 7) is 1.78. The topological polar surface area (TPSA) is 54.9 Å². The van der Waals surface area contributed by atoms with Gasteiger partial charge in [-0.15, -0.1) is 11.3 Å². The van der Waals surface area contributed by atoms with E-state index in [2.05, 4.69) is 31.2 Å². The van der Waals surface area contributed by atoms with Crippen molar-refractivity contribution in [3.05, 3.63) is 37.7 Å². The molecule has 17 heavy (non-hydrogen) atoms. The van der Waals surface area contributed by atoms with E-state index in [9.17, 15) is 4.79 Å². The average Bonchev–Trinajstić information content (AvgIpc) is 2.63. The van der Waals surface area contributed by atoms with E-state index < -0.39 is 0 Å². The molecular weight excluding hydrogens is 326 g/mol. The van der Waals surface area contributed by atoms with Crippen LogP contribution in [0.5, 0.6) is 0 Å². The number of rotatable bonds is 2. The summed E-state index contributed by atoms with van der Waals surface area (Å²) < 4.78 is 0.894. The second kappa shape index (κ2) is 5.12. The Balaban J connectivity index is 2.18. The van der Waals surface area contributed by atoms with Crippen LogP contribution in [0.3, 0.4) is 0 Å². The van der Waals surface area contributed by atoms with Gasteiger partial charge in [-0.3, -0.25) is 10.1 Å². The normalized spacial score (nSPS) is 10.3. The molecule has 0 saturated carbocycles. The van der Waals surface area contributed by atoms with Crippen LogP contribution in [0.4, 0.5) is 5.95 Å². The van der Waals surface area contributed by atoms with Crippen LogP contribution < -0.4 is 5.32 Å². The lowest BCUT2D eigenvalue weighted by Crippen LogP contribution is -2.13. The Morgan fingerprint density at radius 2 is 2.24 bits per heavy atom. The monoisotopic (exact) mass is 331 g/mol. The minimum Gasteiger partial charge on any atom is -0.290 e. The molecule has 88 valence electrons. The predicted octanol–water partition coefficient (Wildman–Crippen LogP) is 3.51. The van der Waals surface area contributed by atoms with Crippen LogP contribution in [0.2, 0.25) is 5.15 Å². The van der Waals surface area contributed by atoms with Gasteiger partial charge in [-0.2, -0.15) is 0 Å². The second-order valence-corrected chi connectivity index (χ2v) is 6.06. The highest BCUT2D eigenvalue weighted by Gasteiger charge is 2.10. The fourth-order valence-electron chi connectivity index (χ4n) is 1.19. The van der Waals surface area contributed by atoms with Crippen LogP contribution >= 0.6 is 38.9 Å². The average molecular weight is 333 g/mol. The summed E-state index contributed by atoms with van der Waals surface area (Å²) in [6.07, 6.45) is 0. The SMILES string of the molecule is Cc1cc(Cl)nc(NC(=O)c2ccc(Br)s2)n1. The Morgan fingerprint density at radius 1 is 1.47 bits per heavy atom. The molecule has 2 aromatic heterocycles. The quantitative estimate of drug-likeness (QED) is 0.856. The molecule has 1 N–H and O–H groups in total. The Labute approximate surface area is 115 Å². The smallest absolute Gasteiger partial charge is 0.268 e. The summed E-state index contributed by atoms with van der Waals surface area (Å²) >= 11 is 10.4. The molecule has 0 radical (unpaired) electrons. The van der Waals surface area contributed by atoms with E-state index in [1.165, 1.54) is 11.3 Å². The van der Waals surface area contributed by atoms with E-state index in [1.54, 1.807) is 19.1 Å². The zero-order valence-electron chi connectivity index (χ0n) is 8.70. The van der Waals surface area contributed by atoms with Gasteiger partial charge in [-0.05, 0) is 41.1 Å². The third kappa shape index (κ3) is 3.24. The van der Waals surface area contributed by atoms with Crippen LogP contribution in [-0.4, -0.2) is 15.9 Å². The lowest BCUT2D eigenvalue weighted by atomic mass is 10.4. The van der Waals surface area contributed by atoms with Crippen LogP contribution in [0.1, 0.15) is 15.4 Å². The molecule has 0 bridgehead atoms. The van der Waals surface area contributed by atoms with E-state index in [4.69, 9.17) is 11.6 Å². The molecule has 4 nitrogen and oxygen atoms in total. The van der Waals surface area contributed by atoms with Gasteiger partial charge in [0, 0.05) is 5.69 Å². The Morgan fingerprint density at radius 3 is 2.82 bits per heavy atom. The number of carbonyl (C=O) groups excluding carboxylic acids is 1. The van der Waals surface area contributed by atoms with Crippen molar-refractivity contribution < 1.29 is 4.79 Å². The van der Waals surface area contributed by atoms with Crippen molar-refractivity contribution in [3.63, 3.8) is 0 Å². The third-order valence-corrected chi connectivity index (χ3v) is 3.66. The highest BCUT2D eigenvalue weighted by atomic mass is 79.9. The first kappa shape index (κ1) is 12.5. The highest BCUT2D eigenvalue weighted by Crippen LogP contribution is 2.22. The minimum absolute atomic E-state index is 0.213. The van der Waals surface area contributed by atoms with Gasteiger partial charge in [0.1, 0.15) is 5.15 Å². The largest absolute Gasteiger partial charge is 0.290 e. The summed E-state index contributed by atoms with van der Waals surface area (Å²) in [5.74, 6) is -0.0353. The molecule has 1 amide bonds. The van der Waals surface area contributed by atoms with Crippen LogP contribution in [0.25, 0.3) is 0 Å². The molecule has 0 aliphatic carbocycles. The molecule has 0 fully saturated rings. The number of aryl methyl sites for hydroxylation is 1. The Bertz CT molecular complexity index is 552. The number of hydrogen-bond acceptors (Lipinski definition) is 4. The predicted molar refractivity (Wildman–Crippen MR) is 71.8 cm³/mol. The number of hydrogen-bond donors (Lipinski definition) is 1. The van der Waals surface area contributed by atoms with Gasteiger partial charge in [-0.25, -0.2) is 9.97 Å². The van der Waals surface area contributed by atoms with Gasteiger partial charge in [-0.1, -0.05) is 11.6 Å². The number of halogens is 2. The van der Waals surface area contributed by atoms with E-state index in [1.807, 2.05) is 6.07 Å². The maximum Gasteiger partial charge on any atom is 0.268 e. The number of aromatic nitrogens is 2. The molecule has 2 rings (SSSR count). The maximum absolute atomic E-state index is 11.8. The second-order valence-electron chi connectivity index (χ2n) is 3.21. The molecule has 2 heterocycles. The third-order valence-electron chi connectivity index (χ3n) is 1.85. The van der Waals surface area contributed by atoms with Crippen molar-refractivity contribution in [2.45, 2.75) is 6.92 Å². The first-order chi connectivity index (χ1) is 8.04. The summed E-state index contributed by atoms with van der Waals surface area (Å²) in [7, 11) is 0. The number of nitrogens with one attached hydrogen (secondary N) is 1. The number of nitrogens with zero attached hydrogens (tertiary/aromatic N) is 2. The van der Waals surface area contributed by atoms with Crippen LogP contribution in [-0.2, 0) is 0 Å². The highest BCUT2D eigenvalue weighted by molar-refractivity contribution is 9.11. The van der Waals surface area contributed by atoms with E-state index in [0.717, 1.165) is 3.79 Å². The molecule has 0 aromatic carbocycles. The van der Waals surface area contributed by atoms with Gasteiger partial charge < -0.3 is 0 Å². The van der Waals surface area contributed by atoms with Crippen LogP contribution in [0.15, 0.2) is 22.0 Å². The summed E-state index contributed by atoms with van der Waals surface area (Å²) in [5, 5.41) is 2.90. The molecule has 0 spiro atoms. The summed E-state index contributed by atoms with van der Waals surface area (Å²) in [6, 6.07) is 5.16. The molecule has 0 atom stereocenters. The standard InChI is InChI=1S/C10H7BrClN3OS/c1-5-4-8(12)14-10(13-5)15-9(16)6-2-3-7(11)17-6/h2-4H,1H3,(H,13,14,15,16). The number of anilines is 1. The molecule has 0 aliphatic heterocycles. The fourth-order valence-corrected chi connectivity index (χ4v) is 2.70. The number of carbonyl (C=O) groups is 1. The minimum atomic E-state index is -0.248. The molecule has 0 saturated heterocycles. The van der Waals surface area contributed by atoms with E-state index >= 15 is 0 Å². The summed E-state index contributed by atoms with van der Waals surface area (Å²) in [4.78, 5) is 20.4. The lowest BCUT2D eigenvalue weighted by molar-refractivity contribution is 0.102. The van der Waals surface area contributed by atoms with Gasteiger partial charge in [0.05, 0.1) is 8.66 Å². The molecule has 0 aliphatic rings. The van der Waals surface area contributed by atoms with Crippen molar-refractivity contribution in [3.8, 4) is 0 Å². The van der Waals surface area contributed by atoms with Crippen molar-refractivity contribution in [2.24, 2.45) is 0 Å². The Hall–Kier alpha value is -0.980. The van der Waals surface area contributed by atoms with Gasteiger partial charge in [0.15, 0.2) is 0 Å². The fraction of sp³-hybridized carbons (Fsp3) is 0.100. The molecule has 7 heteroatoms. The Kier molecular flexibility index (Phi) is 3.76. The molecular formula is C10H7BrClN3OS. The lowest BCUT2D eigenvalue weighted by Gasteiger charge is -2.03. The summed E-state index contributed by atoms with van der Waals surface area (Å²) in [5.41, 5.74) is 0.702. The number of amides is 1.